The fourth-order valence-electron chi connectivity index (χ4n) is 2.14. The Bertz CT molecular complexity index is 425. The molecule has 3 atom stereocenters. The van der Waals surface area contributed by atoms with Crippen molar-refractivity contribution in [2.75, 3.05) is 18.8 Å². The molecule has 0 saturated carbocycles. The molecule has 0 fully saturated rings. The Morgan fingerprint density at radius 3 is 1.88 bits per heavy atom. The molecule has 0 saturated heterocycles. The Balaban J connectivity index is 4.56. The molecule has 9 N–H and O–H groups in total. The van der Waals surface area contributed by atoms with Gasteiger partial charge in [-0.2, -0.15) is 12.6 Å². The van der Waals surface area contributed by atoms with Gasteiger partial charge in [-0.15, -0.1) is 0 Å². The van der Waals surface area contributed by atoms with Crippen LogP contribution in [0.4, 0.5) is 0 Å². The van der Waals surface area contributed by atoms with E-state index in [2.05, 4.69) is 23.3 Å². The van der Waals surface area contributed by atoms with E-state index in [0.717, 1.165) is 6.42 Å². The van der Waals surface area contributed by atoms with Crippen molar-refractivity contribution in [3.63, 3.8) is 0 Å². The molecule has 0 spiro atoms. The van der Waals surface area contributed by atoms with Gasteiger partial charge in [0.1, 0.15) is 12.1 Å². The third-order valence-corrected chi connectivity index (χ3v) is 4.05. The number of rotatable bonds is 14. The average molecular weight is 378 g/mol. The summed E-state index contributed by atoms with van der Waals surface area (Å²) in [5.74, 6) is -2.17. The first-order chi connectivity index (χ1) is 11.9. The van der Waals surface area contributed by atoms with Crippen molar-refractivity contribution in [1.29, 1.82) is 0 Å². The minimum Gasteiger partial charge on any atom is -0.480 e. The van der Waals surface area contributed by atoms with Crippen LogP contribution in [0.2, 0.25) is 0 Å². The number of carboxylic acids is 1. The zero-order valence-electron chi connectivity index (χ0n) is 14.4. The minimum atomic E-state index is -1.13. The summed E-state index contributed by atoms with van der Waals surface area (Å²) in [5.41, 5.74) is 16.5. The fourth-order valence-corrected chi connectivity index (χ4v) is 2.39. The lowest BCUT2D eigenvalue weighted by atomic mass is 10.1. The number of aliphatic carboxylic acids is 1. The molecule has 0 heterocycles. The van der Waals surface area contributed by atoms with Crippen LogP contribution >= 0.6 is 12.6 Å². The summed E-state index contributed by atoms with van der Waals surface area (Å²) < 4.78 is 0. The SMILES string of the molecule is NCCCC[C@H](NC(=O)[C@H](CS)NC(=O)[C@@H](N)CCCCN)C(=O)O. The molecule has 0 aliphatic carbocycles. The molecule has 0 aliphatic heterocycles. The van der Waals surface area contributed by atoms with E-state index in [1.807, 2.05) is 0 Å². The highest BCUT2D eigenvalue weighted by Crippen LogP contribution is 2.03. The van der Waals surface area contributed by atoms with Gasteiger partial charge in [0.2, 0.25) is 11.8 Å². The second-order valence-corrected chi connectivity index (χ2v) is 6.18. The van der Waals surface area contributed by atoms with E-state index >= 15 is 0 Å². The quantitative estimate of drug-likeness (QED) is 0.143. The zero-order chi connectivity index (χ0) is 19.2. The van der Waals surface area contributed by atoms with Gasteiger partial charge in [-0.3, -0.25) is 9.59 Å². The Kier molecular flexibility index (Phi) is 13.1. The van der Waals surface area contributed by atoms with Gasteiger partial charge in [-0.05, 0) is 45.2 Å². The van der Waals surface area contributed by atoms with Crippen LogP contribution in [-0.4, -0.2) is 59.9 Å². The Morgan fingerprint density at radius 1 is 0.880 bits per heavy atom. The van der Waals surface area contributed by atoms with Gasteiger partial charge >= 0.3 is 5.97 Å². The van der Waals surface area contributed by atoms with Gasteiger partial charge in [0, 0.05) is 5.75 Å². The second-order valence-electron chi connectivity index (χ2n) is 5.82. The monoisotopic (exact) mass is 377 g/mol. The second kappa shape index (κ2) is 13.9. The summed E-state index contributed by atoms with van der Waals surface area (Å²) in [6.07, 6.45) is 3.46. The lowest BCUT2D eigenvalue weighted by Crippen LogP contribution is -2.55. The van der Waals surface area contributed by atoms with Crippen LogP contribution in [0.25, 0.3) is 0 Å². The van der Waals surface area contributed by atoms with E-state index in [1.165, 1.54) is 0 Å². The highest BCUT2D eigenvalue weighted by molar-refractivity contribution is 7.80. The maximum Gasteiger partial charge on any atom is 0.326 e. The van der Waals surface area contributed by atoms with Crippen LogP contribution < -0.4 is 27.8 Å². The van der Waals surface area contributed by atoms with Crippen molar-refractivity contribution in [1.82, 2.24) is 10.6 Å². The number of thiol groups is 1. The molecule has 0 radical (unpaired) electrons. The molecular formula is C15H31N5O4S. The Morgan fingerprint density at radius 2 is 1.40 bits per heavy atom. The van der Waals surface area contributed by atoms with Crippen LogP contribution in [0.1, 0.15) is 38.5 Å². The summed E-state index contributed by atoms with van der Waals surface area (Å²) in [6, 6.07) is -2.73. The number of carbonyl (C=O) groups excluding carboxylic acids is 2. The summed E-state index contributed by atoms with van der Waals surface area (Å²) in [7, 11) is 0. The van der Waals surface area contributed by atoms with Crippen LogP contribution in [0.15, 0.2) is 0 Å². The first kappa shape index (κ1) is 23.6. The molecule has 0 aliphatic rings. The molecule has 9 nitrogen and oxygen atoms in total. The summed E-state index contributed by atoms with van der Waals surface area (Å²) in [5, 5.41) is 14.1. The lowest BCUT2D eigenvalue weighted by molar-refractivity contribution is -0.142. The average Bonchev–Trinajstić information content (AvgIpc) is 2.58. The highest BCUT2D eigenvalue weighted by Gasteiger charge is 2.26. The normalized spacial score (nSPS) is 14.4. The van der Waals surface area contributed by atoms with Crippen LogP contribution in [0, 0.1) is 0 Å². The van der Waals surface area contributed by atoms with E-state index in [0.29, 0.717) is 38.8 Å². The van der Waals surface area contributed by atoms with Gasteiger partial charge in [0.05, 0.1) is 6.04 Å². The van der Waals surface area contributed by atoms with Crippen LogP contribution in [-0.2, 0) is 14.4 Å². The fraction of sp³-hybridized carbons (Fsp3) is 0.800. The van der Waals surface area contributed by atoms with E-state index in [4.69, 9.17) is 17.2 Å². The number of hydrogen-bond donors (Lipinski definition) is 7. The Hall–Kier alpha value is -1.36. The van der Waals surface area contributed by atoms with Crippen LogP contribution in [0.3, 0.4) is 0 Å². The molecule has 0 unspecified atom stereocenters. The van der Waals surface area contributed by atoms with Crippen molar-refractivity contribution in [2.24, 2.45) is 17.2 Å². The number of amides is 2. The van der Waals surface area contributed by atoms with Gasteiger partial charge in [-0.25, -0.2) is 4.79 Å². The number of nitrogens with two attached hydrogens (primary N) is 3. The molecule has 10 heteroatoms. The van der Waals surface area contributed by atoms with Crippen molar-refractivity contribution < 1.29 is 19.5 Å². The molecule has 2 amide bonds. The molecule has 0 aromatic carbocycles. The number of carbonyl (C=O) groups is 3. The maximum atomic E-state index is 12.2. The van der Waals surface area contributed by atoms with Gasteiger partial charge in [0.15, 0.2) is 0 Å². The molecule has 25 heavy (non-hydrogen) atoms. The summed E-state index contributed by atoms with van der Waals surface area (Å²) in [6.45, 7) is 0.981. The number of carboxylic acid groups (broad SMARTS) is 1. The minimum absolute atomic E-state index is 0.0300. The summed E-state index contributed by atoms with van der Waals surface area (Å²) >= 11 is 4.05. The molecule has 0 aromatic heterocycles. The van der Waals surface area contributed by atoms with Crippen LogP contribution in [0.5, 0.6) is 0 Å². The molecule has 146 valence electrons. The van der Waals surface area contributed by atoms with E-state index in [9.17, 15) is 19.5 Å². The number of hydrogen-bond acceptors (Lipinski definition) is 7. The standard InChI is InChI=1S/C15H31N5O4S/c16-7-3-1-5-10(18)13(21)20-12(9-25)14(22)19-11(15(23)24)6-2-4-8-17/h10-12,25H,1-9,16-18H2,(H,19,22)(H,20,21)(H,23,24)/t10-,11-,12-/m0/s1. The van der Waals surface area contributed by atoms with E-state index in [-0.39, 0.29) is 12.2 Å². The lowest BCUT2D eigenvalue weighted by Gasteiger charge is -2.21. The van der Waals surface area contributed by atoms with Gasteiger partial charge < -0.3 is 32.9 Å². The van der Waals surface area contributed by atoms with Gasteiger partial charge in [0.25, 0.3) is 0 Å². The van der Waals surface area contributed by atoms with Gasteiger partial charge in [-0.1, -0.05) is 6.42 Å². The van der Waals surface area contributed by atoms with Crippen molar-refractivity contribution in [3.05, 3.63) is 0 Å². The largest absolute Gasteiger partial charge is 0.480 e. The molecule has 0 bridgehead atoms. The predicted octanol–water partition coefficient (Wildman–Crippen LogP) is -1.44. The molecule has 0 rings (SSSR count). The number of unbranched alkanes of at least 4 members (excludes halogenated alkanes) is 2. The number of nitrogens with one attached hydrogen (secondary N) is 2. The molecular weight excluding hydrogens is 346 g/mol. The first-order valence-electron chi connectivity index (χ1n) is 8.47. The third kappa shape index (κ3) is 10.3. The Labute approximate surface area is 153 Å². The highest BCUT2D eigenvalue weighted by atomic mass is 32.1. The smallest absolute Gasteiger partial charge is 0.326 e. The summed E-state index contributed by atoms with van der Waals surface area (Å²) in [4.78, 5) is 35.5. The zero-order valence-corrected chi connectivity index (χ0v) is 15.3. The van der Waals surface area contributed by atoms with E-state index < -0.39 is 35.9 Å². The third-order valence-electron chi connectivity index (χ3n) is 3.68. The van der Waals surface area contributed by atoms with Crippen molar-refractivity contribution in [3.8, 4) is 0 Å². The maximum absolute atomic E-state index is 12.2. The molecule has 0 aromatic rings. The van der Waals surface area contributed by atoms with Crippen molar-refractivity contribution in [2.45, 2.75) is 56.7 Å². The van der Waals surface area contributed by atoms with E-state index in [1.54, 1.807) is 0 Å². The van der Waals surface area contributed by atoms with Crippen molar-refractivity contribution >= 4 is 30.4 Å². The topological polar surface area (TPSA) is 174 Å². The predicted molar refractivity (Wildman–Crippen MR) is 99.1 cm³/mol. The first-order valence-corrected chi connectivity index (χ1v) is 9.10.